The summed E-state index contributed by atoms with van der Waals surface area (Å²) in [7, 11) is 1.70. The van der Waals surface area contributed by atoms with Gasteiger partial charge < -0.3 is 14.7 Å². The number of anilines is 1. The second-order valence-corrected chi connectivity index (χ2v) is 5.93. The molecule has 1 fully saturated rings. The monoisotopic (exact) mass is 325 g/mol. The third-order valence-corrected chi connectivity index (χ3v) is 4.50. The van der Waals surface area contributed by atoms with E-state index in [0.29, 0.717) is 18.0 Å². The molecule has 3 aromatic rings. The zero-order chi connectivity index (χ0) is 16.5. The number of aliphatic hydroxyl groups is 1. The van der Waals surface area contributed by atoms with Crippen LogP contribution in [0.3, 0.4) is 0 Å². The van der Waals surface area contributed by atoms with Crippen molar-refractivity contribution in [2.45, 2.75) is 18.6 Å². The van der Waals surface area contributed by atoms with E-state index in [2.05, 4.69) is 15.1 Å². The fourth-order valence-corrected chi connectivity index (χ4v) is 3.20. The third-order valence-electron chi connectivity index (χ3n) is 4.50. The molecule has 0 aliphatic carbocycles. The van der Waals surface area contributed by atoms with Crippen molar-refractivity contribution in [2.75, 3.05) is 25.2 Å². The minimum absolute atomic E-state index is 0.0107. The van der Waals surface area contributed by atoms with Gasteiger partial charge in [-0.05, 0) is 18.6 Å². The molecule has 1 aliphatic heterocycles. The average Bonchev–Trinajstić information content (AvgIpc) is 3.25. The maximum Gasteiger partial charge on any atom is 0.185 e. The van der Waals surface area contributed by atoms with Crippen molar-refractivity contribution in [3.05, 3.63) is 42.5 Å². The van der Waals surface area contributed by atoms with Crippen molar-refractivity contribution < 1.29 is 9.84 Å². The van der Waals surface area contributed by atoms with Gasteiger partial charge >= 0.3 is 0 Å². The van der Waals surface area contributed by atoms with Gasteiger partial charge in [-0.3, -0.25) is 0 Å². The van der Waals surface area contributed by atoms with E-state index in [-0.39, 0.29) is 18.8 Å². The average molecular weight is 325 g/mol. The van der Waals surface area contributed by atoms with Gasteiger partial charge in [0.05, 0.1) is 18.8 Å². The van der Waals surface area contributed by atoms with Crippen LogP contribution in [0.1, 0.15) is 6.42 Å². The molecule has 1 saturated heterocycles. The molecule has 7 heteroatoms. The molecule has 1 aromatic carbocycles. The highest BCUT2D eigenvalue weighted by atomic mass is 16.5. The Morgan fingerprint density at radius 3 is 2.75 bits per heavy atom. The fraction of sp³-hybridized carbons (Fsp3) is 0.353. The quantitative estimate of drug-likeness (QED) is 0.781. The van der Waals surface area contributed by atoms with Crippen LogP contribution in [0.4, 0.5) is 5.82 Å². The van der Waals surface area contributed by atoms with Crippen LogP contribution in [0.25, 0.3) is 17.0 Å². The molecule has 2 atom stereocenters. The van der Waals surface area contributed by atoms with Crippen LogP contribution in [-0.2, 0) is 4.74 Å². The maximum atomic E-state index is 9.66. The summed E-state index contributed by atoms with van der Waals surface area (Å²) in [6.07, 6.45) is 0.898. The van der Waals surface area contributed by atoms with Crippen molar-refractivity contribution in [2.24, 2.45) is 0 Å². The van der Waals surface area contributed by atoms with E-state index in [1.807, 2.05) is 42.5 Å². The van der Waals surface area contributed by atoms with Crippen molar-refractivity contribution in [1.82, 2.24) is 19.8 Å². The largest absolute Gasteiger partial charge is 0.394 e. The molecule has 0 saturated carbocycles. The second-order valence-electron chi connectivity index (χ2n) is 5.93. The Balaban J connectivity index is 1.75. The van der Waals surface area contributed by atoms with Gasteiger partial charge in [-0.2, -0.15) is 4.52 Å². The number of aromatic nitrogens is 4. The van der Waals surface area contributed by atoms with Crippen molar-refractivity contribution in [3.8, 4) is 11.4 Å². The molecular weight excluding hydrogens is 306 g/mol. The molecule has 24 heavy (non-hydrogen) atoms. The lowest BCUT2D eigenvalue weighted by Crippen LogP contribution is -2.33. The van der Waals surface area contributed by atoms with E-state index < -0.39 is 0 Å². The summed E-state index contributed by atoms with van der Waals surface area (Å²) in [5.74, 6) is 1.49. The first kappa shape index (κ1) is 15.0. The van der Waals surface area contributed by atoms with Gasteiger partial charge in [-0.15, -0.1) is 15.3 Å². The predicted octanol–water partition coefficient (Wildman–Crippen LogP) is 1.38. The minimum Gasteiger partial charge on any atom is -0.394 e. The molecule has 1 aliphatic rings. The molecule has 2 aromatic heterocycles. The van der Waals surface area contributed by atoms with Crippen LogP contribution in [0.5, 0.6) is 0 Å². The molecule has 0 radical (unpaired) electrons. The SMILES string of the molecule is CO[C@@H]1C[C@@H](CO)N(c2ccc3nnc(-c4ccccc4)n3n2)C1. The third kappa shape index (κ3) is 2.51. The van der Waals surface area contributed by atoms with E-state index in [1.165, 1.54) is 0 Å². The number of aliphatic hydroxyl groups excluding tert-OH is 1. The molecule has 0 bridgehead atoms. The smallest absolute Gasteiger partial charge is 0.185 e. The van der Waals surface area contributed by atoms with Crippen LogP contribution in [0.15, 0.2) is 42.5 Å². The molecule has 3 heterocycles. The van der Waals surface area contributed by atoms with E-state index in [1.54, 1.807) is 11.6 Å². The summed E-state index contributed by atoms with van der Waals surface area (Å²) in [5, 5.41) is 22.8. The van der Waals surface area contributed by atoms with Gasteiger partial charge in [0.25, 0.3) is 0 Å². The Labute approximate surface area is 139 Å². The normalized spacial score (nSPS) is 20.8. The first-order chi connectivity index (χ1) is 11.8. The van der Waals surface area contributed by atoms with E-state index in [0.717, 1.165) is 17.8 Å². The summed E-state index contributed by atoms with van der Waals surface area (Å²) < 4.78 is 7.20. The van der Waals surface area contributed by atoms with Crippen LogP contribution in [-0.4, -0.2) is 57.3 Å². The standard InChI is InChI=1S/C17H19N5O2/c1-24-14-9-13(11-23)21(10-14)16-8-7-15-18-19-17(22(15)20-16)12-5-3-2-4-6-12/h2-8,13-14,23H,9-11H2,1H3/t13-,14+/m0/s1. The first-order valence-corrected chi connectivity index (χ1v) is 7.98. The Morgan fingerprint density at radius 2 is 2.00 bits per heavy atom. The van der Waals surface area contributed by atoms with Crippen LogP contribution in [0, 0.1) is 0 Å². The topological polar surface area (TPSA) is 75.8 Å². The van der Waals surface area contributed by atoms with Gasteiger partial charge in [-0.1, -0.05) is 30.3 Å². The highest BCUT2D eigenvalue weighted by Crippen LogP contribution is 2.26. The number of hydrogen-bond acceptors (Lipinski definition) is 6. The number of ether oxygens (including phenoxy) is 1. The second kappa shape index (κ2) is 6.18. The summed E-state index contributed by atoms with van der Waals surface area (Å²) in [4.78, 5) is 2.09. The number of fused-ring (bicyclic) bond motifs is 1. The zero-order valence-electron chi connectivity index (χ0n) is 13.4. The Kier molecular flexibility index (Phi) is 3.87. The lowest BCUT2D eigenvalue weighted by Gasteiger charge is -2.23. The maximum absolute atomic E-state index is 9.66. The van der Waals surface area contributed by atoms with Crippen molar-refractivity contribution in [1.29, 1.82) is 0 Å². The Morgan fingerprint density at radius 1 is 1.17 bits per heavy atom. The van der Waals surface area contributed by atoms with Crippen LogP contribution < -0.4 is 4.90 Å². The molecule has 124 valence electrons. The molecule has 0 spiro atoms. The first-order valence-electron chi connectivity index (χ1n) is 7.98. The summed E-state index contributed by atoms with van der Waals surface area (Å²) in [6.45, 7) is 0.788. The van der Waals surface area contributed by atoms with Gasteiger partial charge in [0.1, 0.15) is 5.82 Å². The molecular formula is C17H19N5O2. The Bertz CT molecular complexity index is 835. The van der Waals surface area contributed by atoms with Crippen LogP contribution >= 0.6 is 0 Å². The van der Waals surface area contributed by atoms with E-state index >= 15 is 0 Å². The lowest BCUT2D eigenvalue weighted by atomic mass is 10.2. The number of nitrogens with zero attached hydrogens (tertiary/aromatic N) is 5. The molecule has 1 N–H and O–H groups in total. The van der Waals surface area contributed by atoms with Gasteiger partial charge in [0.15, 0.2) is 11.5 Å². The number of hydrogen-bond donors (Lipinski definition) is 1. The van der Waals surface area contributed by atoms with Crippen LogP contribution in [0.2, 0.25) is 0 Å². The summed E-state index contributed by atoms with van der Waals surface area (Å²) >= 11 is 0. The molecule has 0 unspecified atom stereocenters. The zero-order valence-corrected chi connectivity index (χ0v) is 13.4. The Hall–Kier alpha value is -2.51. The van der Waals surface area contributed by atoms with Gasteiger partial charge in [0, 0.05) is 19.2 Å². The number of methoxy groups -OCH3 is 1. The highest BCUT2D eigenvalue weighted by Gasteiger charge is 2.32. The molecule has 4 rings (SSSR count). The molecule has 0 amide bonds. The molecule has 7 nitrogen and oxygen atoms in total. The predicted molar refractivity (Wildman–Crippen MR) is 89.9 cm³/mol. The van der Waals surface area contributed by atoms with Crippen molar-refractivity contribution in [3.63, 3.8) is 0 Å². The van der Waals surface area contributed by atoms with Gasteiger partial charge in [0.2, 0.25) is 0 Å². The summed E-state index contributed by atoms with van der Waals surface area (Å²) in [5.41, 5.74) is 1.66. The van der Waals surface area contributed by atoms with Crippen molar-refractivity contribution >= 4 is 11.5 Å². The summed E-state index contributed by atoms with van der Waals surface area (Å²) in [6, 6.07) is 13.7. The minimum atomic E-state index is 0.0107. The number of benzene rings is 1. The van der Waals surface area contributed by atoms with E-state index in [4.69, 9.17) is 9.84 Å². The highest BCUT2D eigenvalue weighted by molar-refractivity contribution is 5.59. The van der Waals surface area contributed by atoms with E-state index in [9.17, 15) is 5.11 Å². The number of rotatable bonds is 4. The lowest BCUT2D eigenvalue weighted by molar-refractivity contribution is 0.115. The fourth-order valence-electron chi connectivity index (χ4n) is 3.20. The van der Waals surface area contributed by atoms with Gasteiger partial charge in [-0.25, -0.2) is 0 Å².